The van der Waals surface area contributed by atoms with E-state index in [4.69, 9.17) is 5.73 Å². The van der Waals surface area contributed by atoms with E-state index < -0.39 is 0 Å². The first-order valence-corrected chi connectivity index (χ1v) is 7.88. The van der Waals surface area contributed by atoms with Gasteiger partial charge in [0.25, 0.3) is 0 Å². The molecular weight excluding hydrogens is 254 g/mol. The number of aromatic nitrogens is 1. The van der Waals surface area contributed by atoms with Gasteiger partial charge in [0.1, 0.15) is 0 Å². The molecule has 0 bridgehead atoms. The fraction of sp³-hybridized carbons (Fsp3) is 0.636. The average molecular weight is 271 g/mol. The summed E-state index contributed by atoms with van der Waals surface area (Å²) in [5.74, 6) is 0.0567. The average Bonchev–Trinajstić information content (AvgIpc) is 2.87. The van der Waals surface area contributed by atoms with Gasteiger partial charge in [0, 0.05) is 16.7 Å². The molecule has 1 aliphatic rings. The molecule has 17 heavy (non-hydrogen) atoms. The molecule has 3 N–H and O–H groups in total. The van der Waals surface area contributed by atoms with Gasteiger partial charge in [-0.15, -0.1) is 11.3 Å². The Morgan fingerprint density at radius 1 is 1.71 bits per heavy atom. The number of rotatable bonds is 4. The number of carbonyl (C=O) groups excluding carboxylic acids is 1. The van der Waals surface area contributed by atoms with E-state index in [-0.39, 0.29) is 5.91 Å². The lowest BCUT2D eigenvalue weighted by molar-refractivity contribution is -0.121. The van der Waals surface area contributed by atoms with Crippen molar-refractivity contribution in [1.82, 2.24) is 10.3 Å². The molecule has 0 spiro atoms. The Balaban J connectivity index is 1.85. The first-order chi connectivity index (χ1) is 8.19. The smallest absolute Gasteiger partial charge is 0.226 e. The molecule has 0 saturated heterocycles. The molecule has 94 valence electrons. The van der Waals surface area contributed by atoms with Gasteiger partial charge in [-0.05, 0) is 19.1 Å². The van der Waals surface area contributed by atoms with Crippen LogP contribution in [0.4, 0.5) is 5.13 Å². The normalized spacial score (nSPS) is 23.8. The third kappa shape index (κ3) is 3.35. The standard InChI is InChI=1S/C11H17N3OS2/c1-16-9-4-2-3-8(9)14-10(15)5-7-6-17-11(12)13-7/h6,8-9H,2-5H2,1H3,(H2,12,13)(H,14,15). The highest BCUT2D eigenvalue weighted by Gasteiger charge is 2.27. The Morgan fingerprint density at radius 3 is 3.18 bits per heavy atom. The molecule has 2 unspecified atom stereocenters. The minimum atomic E-state index is 0.0567. The number of hydrogen-bond donors (Lipinski definition) is 2. The summed E-state index contributed by atoms with van der Waals surface area (Å²) in [5.41, 5.74) is 6.30. The summed E-state index contributed by atoms with van der Waals surface area (Å²) in [6.45, 7) is 0. The van der Waals surface area contributed by atoms with Gasteiger partial charge in [-0.25, -0.2) is 4.98 Å². The van der Waals surface area contributed by atoms with Crippen molar-refractivity contribution >= 4 is 34.1 Å². The summed E-state index contributed by atoms with van der Waals surface area (Å²) < 4.78 is 0. The van der Waals surface area contributed by atoms with Crippen LogP contribution in [0, 0.1) is 0 Å². The molecule has 1 aromatic heterocycles. The van der Waals surface area contributed by atoms with Gasteiger partial charge in [0.2, 0.25) is 5.91 Å². The molecule has 0 radical (unpaired) electrons. The minimum absolute atomic E-state index is 0.0567. The van der Waals surface area contributed by atoms with Crippen LogP contribution in [0.25, 0.3) is 0 Å². The Morgan fingerprint density at radius 2 is 2.53 bits per heavy atom. The molecule has 1 heterocycles. The maximum absolute atomic E-state index is 11.8. The third-order valence-electron chi connectivity index (χ3n) is 3.01. The van der Waals surface area contributed by atoms with Gasteiger partial charge < -0.3 is 11.1 Å². The lowest BCUT2D eigenvalue weighted by atomic mass is 10.2. The zero-order valence-corrected chi connectivity index (χ0v) is 11.4. The van der Waals surface area contributed by atoms with Crippen molar-refractivity contribution in [2.24, 2.45) is 0 Å². The Labute approximate surface area is 109 Å². The van der Waals surface area contributed by atoms with Crippen molar-refractivity contribution in [3.63, 3.8) is 0 Å². The van der Waals surface area contributed by atoms with Crippen molar-refractivity contribution < 1.29 is 4.79 Å². The molecule has 6 heteroatoms. The number of nitrogens with zero attached hydrogens (tertiary/aromatic N) is 1. The largest absolute Gasteiger partial charge is 0.375 e. The van der Waals surface area contributed by atoms with E-state index in [1.807, 2.05) is 17.1 Å². The summed E-state index contributed by atoms with van der Waals surface area (Å²) >= 11 is 3.22. The Bertz CT molecular complexity index is 394. The van der Waals surface area contributed by atoms with E-state index in [1.165, 1.54) is 24.2 Å². The van der Waals surface area contributed by atoms with Crippen LogP contribution in [-0.2, 0) is 11.2 Å². The SMILES string of the molecule is CSC1CCCC1NC(=O)Cc1csc(N)n1. The molecule has 1 aromatic rings. The second kappa shape index (κ2) is 5.73. The maximum atomic E-state index is 11.8. The van der Waals surface area contributed by atoms with Crippen LogP contribution >= 0.6 is 23.1 Å². The van der Waals surface area contributed by atoms with E-state index in [0.29, 0.717) is 22.8 Å². The third-order valence-corrected chi connectivity index (χ3v) is 4.91. The Hall–Kier alpha value is -0.750. The van der Waals surface area contributed by atoms with Gasteiger partial charge in [-0.3, -0.25) is 4.79 Å². The number of carbonyl (C=O) groups is 1. The zero-order chi connectivity index (χ0) is 12.3. The van der Waals surface area contributed by atoms with Gasteiger partial charge in [0.05, 0.1) is 12.1 Å². The van der Waals surface area contributed by atoms with Gasteiger partial charge in [-0.1, -0.05) is 6.42 Å². The predicted octanol–water partition coefficient (Wildman–Crippen LogP) is 1.67. The van der Waals surface area contributed by atoms with Gasteiger partial charge >= 0.3 is 0 Å². The van der Waals surface area contributed by atoms with Crippen LogP contribution in [0.5, 0.6) is 0 Å². The number of thiazole rings is 1. The molecule has 1 saturated carbocycles. The van der Waals surface area contributed by atoms with Crippen molar-refractivity contribution in [2.45, 2.75) is 37.0 Å². The first-order valence-electron chi connectivity index (χ1n) is 5.71. The summed E-state index contributed by atoms with van der Waals surface area (Å²) in [4.78, 5) is 15.9. The molecule has 0 aromatic carbocycles. The maximum Gasteiger partial charge on any atom is 0.226 e. The van der Waals surface area contributed by atoms with Crippen molar-refractivity contribution in [2.75, 3.05) is 12.0 Å². The molecule has 4 nitrogen and oxygen atoms in total. The summed E-state index contributed by atoms with van der Waals surface area (Å²) in [6.07, 6.45) is 5.95. The van der Waals surface area contributed by atoms with Crippen LogP contribution in [0.1, 0.15) is 25.0 Å². The highest BCUT2D eigenvalue weighted by Crippen LogP contribution is 2.28. The summed E-state index contributed by atoms with van der Waals surface area (Å²) in [5, 5.41) is 6.04. The molecule has 1 fully saturated rings. The van der Waals surface area contributed by atoms with Gasteiger partial charge in [0.15, 0.2) is 5.13 Å². The van der Waals surface area contributed by atoms with E-state index in [1.54, 1.807) is 0 Å². The van der Waals surface area contributed by atoms with E-state index in [0.717, 1.165) is 12.1 Å². The molecule has 2 atom stereocenters. The topological polar surface area (TPSA) is 68.0 Å². The molecule has 0 aliphatic heterocycles. The van der Waals surface area contributed by atoms with Crippen LogP contribution in [-0.4, -0.2) is 28.4 Å². The Kier molecular flexibility index (Phi) is 4.28. The number of anilines is 1. The monoisotopic (exact) mass is 271 g/mol. The van der Waals surface area contributed by atoms with Crippen molar-refractivity contribution in [3.8, 4) is 0 Å². The molecular formula is C11H17N3OS2. The summed E-state index contributed by atoms with van der Waals surface area (Å²) in [7, 11) is 0. The number of nitrogens with one attached hydrogen (secondary N) is 1. The van der Waals surface area contributed by atoms with E-state index in [9.17, 15) is 4.79 Å². The fourth-order valence-corrected chi connectivity index (χ4v) is 3.70. The van der Waals surface area contributed by atoms with Crippen LogP contribution in [0.2, 0.25) is 0 Å². The van der Waals surface area contributed by atoms with Crippen LogP contribution in [0.15, 0.2) is 5.38 Å². The quantitative estimate of drug-likeness (QED) is 0.874. The first kappa shape index (κ1) is 12.7. The minimum Gasteiger partial charge on any atom is -0.375 e. The highest BCUT2D eigenvalue weighted by molar-refractivity contribution is 7.99. The van der Waals surface area contributed by atoms with E-state index in [2.05, 4.69) is 16.6 Å². The van der Waals surface area contributed by atoms with Gasteiger partial charge in [-0.2, -0.15) is 11.8 Å². The van der Waals surface area contributed by atoms with Crippen molar-refractivity contribution in [1.29, 1.82) is 0 Å². The molecule has 2 rings (SSSR count). The molecule has 1 aliphatic carbocycles. The lowest BCUT2D eigenvalue weighted by Crippen LogP contribution is -2.39. The van der Waals surface area contributed by atoms with E-state index >= 15 is 0 Å². The number of nitrogens with two attached hydrogens (primary N) is 1. The van der Waals surface area contributed by atoms with Crippen molar-refractivity contribution in [3.05, 3.63) is 11.1 Å². The molecule has 1 amide bonds. The number of amides is 1. The second-order valence-corrected chi connectivity index (χ2v) is 6.20. The summed E-state index contributed by atoms with van der Waals surface area (Å²) in [6, 6.07) is 0.327. The fourth-order valence-electron chi connectivity index (χ4n) is 2.20. The predicted molar refractivity (Wildman–Crippen MR) is 73.3 cm³/mol. The number of hydrogen-bond acceptors (Lipinski definition) is 5. The zero-order valence-electron chi connectivity index (χ0n) is 9.81. The second-order valence-electron chi connectivity index (χ2n) is 4.23. The lowest BCUT2D eigenvalue weighted by Gasteiger charge is -2.18. The number of nitrogen functional groups attached to an aromatic ring is 1. The highest BCUT2D eigenvalue weighted by atomic mass is 32.2. The number of thioether (sulfide) groups is 1. The van der Waals surface area contributed by atoms with Crippen LogP contribution in [0.3, 0.4) is 0 Å². The van der Waals surface area contributed by atoms with Crippen LogP contribution < -0.4 is 11.1 Å².